The summed E-state index contributed by atoms with van der Waals surface area (Å²) in [6.45, 7) is 0.793. The summed E-state index contributed by atoms with van der Waals surface area (Å²) in [4.78, 5) is 10.3. The standard InChI is InChI=1S/C6H12O4/c1-4(8)2-5(9)6(10)3-7/h5-7,9-10H,2-3H2,1H3/t5-,6+/m0/s1. The van der Waals surface area contributed by atoms with Gasteiger partial charge in [-0.1, -0.05) is 0 Å². The Bertz CT molecular complexity index is 112. The summed E-state index contributed by atoms with van der Waals surface area (Å²) in [5.74, 6) is -0.208. The van der Waals surface area contributed by atoms with Gasteiger partial charge in [0.25, 0.3) is 0 Å². The fraction of sp³-hybridized carbons (Fsp3) is 0.833. The normalized spacial score (nSPS) is 16.4. The van der Waals surface area contributed by atoms with Gasteiger partial charge in [0, 0.05) is 6.42 Å². The molecule has 0 rings (SSSR count). The second-order valence-electron chi connectivity index (χ2n) is 2.22. The molecule has 4 nitrogen and oxygen atoms in total. The fourth-order valence-corrected chi connectivity index (χ4v) is 0.552. The maximum Gasteiger partial charge on any atom is 0.132 e. The van der Waals surface area contributed by atoms with Crippen LogP contribution < -0.4 is 0 Å². The third kappa shape index (κ3) is 3.55. The molecule has 0 aliphatic rings. The monoisotopic (exact) mass is 148 g/mol. The minimum absolute atomic E-state index is 0.109. The maximum atomic E-state index is 10.3. The van der Waals surface area contributed by atoms with Crippen molar-refractivity contribution in [3.63, 3.8) is 0 Å². The van der Waals surface area contributed by atoms with Gasteiger partial charge in [0.1, 0.15) is 11.9 Å². The zero-order chi connectivity index (χ0) is 8.15. The fourth-order valence-electron chi connectivity index (χ4n) is 0.552. The lowest BCUT2D eigenvalue weighted by atomic mass is 10.1. The molecule has 0 aromatic carbocycles. The maximum absolute atomic E-state index is 10.3. The highest BCUT2D eigenvalue weighted by molar-refractivity contribution is 5.76. The summed E-state index contributed by atoms with van der Waals surface area (Å²) >= 11 is 0. The number of rotatable bonds is 4. The van der Waals surface area contributed by atoms with Crippen molar-refractivity contribution in [1.82, 2.24) is 0 Å². The topological polar surface area (TPSA) is 77.8 Å². The van der Waals surface area contributed by atoms with Gasteiger partial charge in [-0.05, 0) is 6.92 Å². The Morgan fingerprint density at radius 3 is 2.20 bits per heavy atom. The van der Waals surface area contributed by atoms with E-state index in [-0.39, 0.29) is 12.2 Å². The van der Waals surface area contributed by atoms with E-state index in [0.717, 1.165) is 0 Å². The molecule has 10 heavy (non-hydrogen) atoms. The van der Waals surface area contributed by atoms with E-state index >= 15 is 0 Å². The lowest BCUT2D eigenvalue weighted by Gasteiger charge is -2.12. The van der Waals surface area contributed by atoms with E-state index in [9.17, 15) is 4.79 Å². The van der Waals surface area contributed by atoms with E-state index in [1.165, 1.54) is 6.92 Å². The minimum Gasteiger partial charge on any atom is -0.394 e. The summed E-state index contributed by atoms with van der Waals surface area (Å²) in [6.07, 6.45) is -2.45. The van der Waals surface area contributed by atoms with Crippen LogP contribution in [0.25, 0.3) is 0 Å². The Hall–Kier alpha value is -0.450. The van der Waals surface area contributed by atoms with Crippen molar-refractivity contribution in [3.05, 3.63) is 0 Å². The van der Waals surface area contributed by atoms with Crippen molar-refractivity contribution in [1.29, 1.82) is 0 Å². The molecule has 0 bridgehead atoms. The number of aliphatic hydroxyl groups excluding tert-OH is 3. The van der Waals surface area contributed by atoms with Crippen molar-refractivity contribution in [3.8, 4) is 0 Å². The van der Waals surface area contributed by atoms with Crippen LogP contribution in [-0.4, -0.2) is 39.9 Å². The van der Waals surface area contributed by atoms with Crippen LogP contribution in [0.15, 0.2) is 0 Å². The van der Waals surface area contributed by atoms with Crippen molar-refractivity contribution in [2.75, 3.05) is 6.61 Å². The van der Waals surface area contributed by atoms with Crippen molar-refractivity contribution in [2.45, 2.75) is 25.6 Å². The van der Waals surface area contributed by atoms with E-state index in [4.69, 9.17) is 15.3 Å². The van der Waals surface area contributed by atoms with Gasteiger partial charge in [0.05, 0.1) is 12.7 Å². The molecule has 0 heterocycles. The molecule has 0 radical (unpaired) electrons. The number of hydrogen-bond acceptors (Lipinski definition) is 4. The largest absolute Gasteiger partial charge is 0.394 e. The zero-order valence-electron chi connectivity index (χ0n) is 5.82. The molecule has 0 fully saturated rings. The van der Waals surface area contributed by atoms with E-state index in [0.29, 0.717) is 0 Å². The highest BCUT2D eigenvalue weighted by Gasteiger charge is 2.16. The number of carbonyl (C=O) groups excluding carboxylic acids is 1. The SMILES string of the molecule is CC(=O)C[C@H](O)[C@H](O)CO. The first kappa shape index (κ1) is 9.55. The predicted octanol–water partition coefficient (Wildman–Crippen LogP) is -1.32. The lowest BCUT2D eigenvalue weighted by molar-refractivity contribution is -0.121. The van der Waals surface area contributed by atoms with Gasteiger partial charge in [-0.2, -0.15) is 0 Å². The summed E-state index contributed by atoms with van der Waals surface area (Å²) in [5.41, 5.74) is 0. The number of Topliss-reactive ketones (excluding diaryl/α,β-unsaturated/α-hetero) is 1. The highest BCUT2D eigenvalue weighted by Crippen LogP contribution is 1.98. The molecule has 60 valence electrons. The zero-order valence-corrected chi connectivity index (χ0v) is 5.82. The van der Waals surface area contributed by atoms with Crippen LogP contribution in [-0.2, 0) is 4.79 Å². The average Bonchev–Trinajstić information content (AvgIpc) is 1.85. The Balaban J connectivity index is 3.61. The van der Waals surface area contributed by atoms with Gasteiger partial charge in [-0.25, -0.2) is 0 Å². The van der Waals surface area contributed by atoms with Crippen LogP contribution >= 0.6 is 0 Å². The molecule has 0 saturated carbocycles. The van der Waals surface area contributed by atoms with E-state index in [2.05, 4.69) is 0 Å². The smallest absolute Gasteiger partial charge is 0.132 e. The molecule has 0 unspecified atom stereocenters. The first-order valence-electron chi connectivity index (χ1n) is 3.04. The van der Waals surface area contributed by atoms with Crippen molar-refractivity contribution < 1.29 is 20.1 Å². The van der Waals surface area contributed by atoms with Crippen LogP contribution in [0.3, 0.4) is 0 Å². The van der Waals surface area contributed by atoms with Gasteiger partial charge in [-0.3, -0.25) is 4.79 Å². The molecule has 3 N–H and O–H groups in total. The van der Waals surface area contributed by atoms with Crippen LogP contribution in [0.1, 0.15) is 13.3 Å². The van der Waals surface area contributed by atoms with Crippen LogP contribution in [0.2, 0.25) is 0 Å². The summed E-state index contributed by atoms with van der Waals surface area (Å²) in [7, 11) is 0. The molecule has 4 heteroatoms. The highest BCUT2D eigenvalue weighted by atomic mass is 16.4. The summed E-state index contributed by atoms with van der Waals surface area (Å²) in [6, 6.07) is 0. The molecule has 2 atom stereocenters. The molecule has 0 aromatic rings. The average molecular weight is 148 g/mol. The Kier molecular flexibility index (Phi) is 4.18. The number of aliphatic hydroxyl groups is 3. The van der Waals surface area contributed by atoms with Gasteiger partial charge in [0.15, 0.2) is 0 Å². The van der Waals surface area contributed by atoms with Gasteiger partial charge >= 0.3 is 0 Å². The molecule has 0 aliphatic carbocycles. The quantitative estimate of drug-likeness (QED) is 0.462. The molecular formula is C6H12O4. The Morgan fingerprint density at radius 2 is 1.90 bits per heavy atom. The third-order valence-electron chi connectivity index (χ3n) is 1.13. The number of ketones is 1. The van der Waals surface area contributed by atoms with E-state index in [1.807, 2.05) is 0 Å². The number of hydrogen-bond donors (Lipinski definition) is 3. The van der Waals surface area contributed by atoms with Crippen LogP contribution in [0, 0.1) is 0 Å². The summed E-state index contributed by atoms with van der Waals surface area (Å²) in [5, 5.41) is 25.9. The molecule has 0 saturated heterocycles. The van der Waals surface area contributed by atoms with Gasteiger partial charge < -0.3 is 15.3 Å². The Morgan fingerprint density at radius 1 is 1.40 bits per heavy atom. The van der Waals surface area contributed by atoms with E-state index in [1.54, 1.807) is 0 Å². The minimum atomic E-state index is -1.20. The van der Waals surface area contributed by atoms with Crippen molar-refractivity contribution >= 4 is 5.78 Å². The molecular weight excluding hydrogens is 136 g/mol. The van der Waals surface area contributed by atoms with E-state index < -0.39 is 18.8 Å². The number of carbonyl (C=O) groups is 1. The van der Waals surface area contributed by atoms with Gasteiger partial charge in [0.2, 0.25) is 0 Å². The Labute approximate surface area is 59.1 Å². The molecule has 0 aromatic heterocycles. The van der Waals surface area contributed by atoms with Crippen LogP contribution in [0.5, 0.6) is 0 Å². The second kappa shape index (κ2) is 4.38. The third-order valence-corrected chi connectivity index (χ3v) is 1.13. The second-order valence-corrected chi connectivity index (χ2v) is 2.22. The molecule has 0 aliphatic heterocycles. The predicted molar refractivity (Wildman–Crippen MR) is 34.4 cm³/mol. The molecule has 0 spiro atoms. The van der Waals surface area contributed by atoms with Gasteiger partial charge in [-0.15, -0.1) is 0 Å². The van der Waals surface area contributed by atoms with Crippen LogP contribution in [0.4, 0.5) is 0 Å². The first-order valence-corrected chi connectivity index (χ1v) is 3.04. The first-order chi connectivity index (χ1) is 4.57. The lowest BCUT2D eigenvalue weighted by Crippen LogP contribution is -2.30. The summed E-state index contributed by atoms with van der Waals surface area (Å²) < 4.78 is 0. The van der Waals surface area contributed by atoms with Crippen molar-refractivity contribution in [2.24, 2.45) is 0 Å². The molecule has 0 amide bonds.